The molecule has 2 N–H and O–H groups in total. The molecular weight excluding hydrogens is 407 g/mol. The van der Waals surface area contributed by atoms with Crippen LogP contribution in [0.25, 0.3) is 10.9 Å². The fraction of sp³-hybridized carbons (Fsp3) is 0.200. The summed E-state index contributed by atoms with van der Waals surface area (Å²) in [5.74, 6) is 0.172. The maximum atomic E-state index is 13.4. The Kier molecular flexibility index (Phi) is 5.83. The number of rotatable bonds is 5. The number of aromatic nitrogens is 1. The molecule has 5 nitrogen and oxygen atoms in total. The van der Waals surface area contributed by atoms with Crippen molar-refractivity contribution in [3.8, 4) is 5.75 Å². The number of methoxy groups -OCH3 is 1. The van der Waals surface area contributed by atoms with Crippen LogP contribution in [0.3, 0.4) is 0 Å². The predicted molar refractivity (Wildman–Crippen MR) is 106 cm³/mol. The van der Waals surface area contributed by atoms with Gasteiger partial charge in [-0.1, -0.05) is 11.6 Å². The van der Waals surface area contributed by atoms with E-state index in [0.717, 1.165) is 11.5 Å². The van der Waals surface area contributed by atoms with Crippen LogP contribution >= 0.6 is 11.6 Å². The second-order valence-corrected chi connectivity index (χ2v) is 6.65. The van der Waals surface area contributed by atoms with Gasteiger partial charge in [-0.2, -0.15) is 13.2 Å². The Morgan fingerprint density at radius 3 is 2.59 bits per heavy atom. The molecule has 0 aliphatic carbocycles. The van der Waals surface area contributed by atoms with E-state index in [1.807, 2.05) is 0 Å². The maximum Gasteiger partial charge on any atom is 0.418 e. The Morgan fingerprint density at radius 2 is 1.93 bits per heavy atom. The van der Waals surface area contributed by atoms with E-state index in [4.69, 9.17) is 16.3 Å². The Labute approximate surface area is 169 Å². The summed E-state index contributed by atoms with van der Waals surface area (Å²) in [6.07, 6.45) is -4.60. The molecule has 0 radical (unpaired) electrons. The van der Waals surface area contributed by atoms with Gasteiger partial charge in [0, 0.05) is 41.9 Å². The zero-order valence-electron chi connectivity index (χ0n) is 15.5. The SMILES string of the molecule is COc1ccc2cc(CNc3ccc(NC(C)=O)cc3C(F)(F)F)c(Cl)nc2c1. The highest BCUT2D eigenvalue weighted by atomic mass is 35.5. The first-order valence-corrected chi connectivity index (χ1v) is 8.91. The van der Waals surface area contributed by atoms with Crippen LogP contribution in [0.4, 0.5) is 24.5 Å². The largest absolute Gasteiger partial charge is 0.497 e. The fourth-order valence-corrected chi connectivity index (χ4v) is 3.03. The van der Waals surface area contributed by atoms with E-state index in [2.05, 4.69) is 15.6 Å². The second kappa shape index (κ2) is 8.16. The Hall–Kier alpha value is -3.00. The van der Waals surface area contributed by atoms with Gasteiger partial charge in [-0.15, -0.1) is 0 Å². The molecule has 152 valence electrons. The van der Waals surface area contributed by atoms with Gasteiger partial charge in [0.2, 0.25) is 5.91 Å². The van der Waals surface area contributed by atoms with Crippen LogP contribution in [0.2, 0.25) is 5.15 Å². The molecule has 29 heavy (non-hydrogen) atoms. The molecule has 0 spiro atoms. The van der Waals surface area contributed by atoms with Gasteiger partial charge >= 0.3 is 6.18 Å². The van der Waals surface area contributed by atoms with Crippen molar-refractivity contribution in [2.45, 2.75) is 19.6 Å². The first-order chi connectivity index (χ1) is 13.7. The summed E-state index contributed by atoms with van der Waals surface area (Å²) in [4.78, 5) is 15.4. The molecule has 0 bridgehead atoms. The number of halogens is 4. The summed E-state index contributed by atoms with van der Waals surface area (Å²) in [5, 5.41) is 6.08. The monoisotopic (exact) mass is 423 g/mol. The lowest BCUT2D eigenvalue weighted by Crippen LogP contribution is -2.13. The molecule has 0 saturated carbocycles. The van der Waals surface area contributed by atoms with Crippen molar-refractivity contribution < 1.29 is 22.7 Å². The lowest BCUT2D eigenvalue weighted by atomic mass is 10.1. The van der Waals surface area contributed by atoms with E-state index in [1.165, 1.54) is 26.2 Å². The van der Waals surface area contributed by atoms with Crippen LogP contribution in [0.5, 0.6) is 5.75 Å². The van der Waals surface area contributed by atoms with Crippen LogP contribution in [0.1, 0.15) is 18.1 Å². The average molecular weight is 424 g/mol. The Balaban J connectivity index is 1.89. The third-order valence-corrected chi connectivity index (χ3v) is 4.49. The lowest BCUT2D eigenvalue weighted by Gasteiger charge is -2.17. The van der Waals surface area contributed by atoms with Crippen LogP contribution in [0.15, 0.2) is 42.5 Å². The number of fused-ring (bicyclic) bond motifs is 1. The van der Waals surface area contributed by atoms with Gasteiger partial charge < -0.3 is 15.4 Å². The van der Waals surface area contributed by atoms with E-state index in [9.17, 15) is 18.0 Å². The Morgan fingerprint density at radius 1 is 1.17 bits per heavy atom. The summed E-state index contributed by atoms with van der Waals surface area (Å²) < 4.78 is 45.5. The van der Waals surface area contributed by atoms with Gasteiger partial charge in [-0.3, -0.25) is 4.79 Å². The fourth-order valence-electron chi connectivity index (χ4n) is 2.82. The zero-order valence-corrected chi connectivity index (χ0v) is 16.3. The first kappa shape index (κ1) is 20.7. The first-order valence-electron chi connectivity index (χ1n) is 8.53. The normalized spacial score (nSPS) is 11.4. The van der Waals surface area contributed by atoms with Crippen molar-refractivity contribution >= 4 is 39.8 Å². The molecule has 1 amide bonds. The van der Waals surface area contributed by atoms with Gasteiger partial charge in [0.1, 0.15) is 10.9 Å². The summed E-state index contributed by atoms with van der Waals surface area (Å²) in [5.41, 5.74) is 0.211. The highest BCUT2D eigenvalue weighted by Gasteiger charge is 2.34. The molecule has 0 aliphatic rings. The molecular formula is C20H17ClF3N3O2. The minimum atomic E-state index is -4.60. The topological polar surface area (TPSA) is 63.2 Å². The number of hydrogen-bond acceptors (Lipinski definition) is 4. The molecule has 0 atom stereocenters. The molecule has 3 aromatic rings. The number of nitrogens with one attached hydrogen (secondary N) is 2. The van der Waals surface area contributed by atoms with Crippen molar-refractivity contribution in [3.63, 3.8) is 0 Å². The minimum absolute atomic E-state index is 0.0381. The number of anilines is 2. The number of carbonyl (C=O) groups is 1. The van der Waals surface area contributed by atoms with Crippen LogP contribution in [-0.4, -0.2) is 18.0 Å². The molecule has 9 heteroatoms. The zero-order chi connectivity index (χ0) is 21.2. The minimum Gasteiger partial charge on any atom is -0.497 e. The van der Waals surface area contributed by atoms with E-state index in [-0.39, 0.29) is 23.1 Å². The van der Waals surface area contributed by atoms with Gasteiger partial charge in [-0.05, 0) is 36.4 Å². The smallest absolute Gasteiger partial charge is 0.418 e. The van der Waals surface area contributed by atoms with E-state index < -0.39 is 17.6 Å². The molecule has 1 aromatic heterocycles. The van der Waals surface area contributed by atoms with Crippen molar-refractivity contribution in [1.82, 2.24) is 4.98 Å². The van der Waals surface area contributed by atoms with Crippen LogP contribution < -0.4 is 15.4 Å². The van der Waals surface area contributed by atoms with Gasteiger partial charge in [-0.25, -0.2) is 4.98 Å². The summed E-state index contributed by atoms with van der Waals surface area (Å²) in [6.45, 7) is 1.26. The molecule has 0 fully saturated rings. The number of ether oxygens (including phenoxy) is 1. The number of amides is 1. The predicted octanol–water partition coefficient (Wildman–Crippen LogP) is 5.49. The maximum absolute atomic E-state index is 13.4. The Bertz CT molecular complexity index is 1070. The summed E-state index contributed by atoms with van der Waals surface area (Å²) >= 11 is 6.22. The van der Waals surface area contributed by atoms with Crippen molar-refractivity contribution in [2.24, 2.45) is 0 Å². The van der Waals surface area contributed by atoms with Crippen molar-refractivity contribution in [3.05, 3.63) is 58.7 Å². The second-order valence-electron chi connectivity index (χ2n) is 6.29. The molecule has 0 saturated heterocycles. The molecule has 2 aromatic carbocycles. The number of pyridine rings is 1. The van der Waals surface area contributed by atoms with E-state index in [0.29, 0.717) is 16.8 Å². The number of benzene rings is 2. The lowest BCUT2D eigenvalue weighted by molar-refractivity contribution is -0.137. The third-order valence-electron chi connectivity index (χ3n) is 4.17. The van der Waals surface area contributed by atoms with Gasteiger partial charge in [0.15, 0.2) is 0 Å². The number of carbonyl (C=O) groups excluding carboxylic acids is 1. The van der Waals surface area contributed by atoms with Crippen LogP contribution in [-0.2, 0) is 17.5 Å². The molecule has 3 rings (SSSR count). The quantitative estimate of drug-likeness (QED) is 0.533. The standard InChI is InChI=1S/C20H17ClF3N3O2/c1-11(28)26-14-4-6-17(16(8-14)20(22,23)24)25-10-13-7-12-3-5-15(29-2)9-18(12)27-19(13)21/h3-9,25H,10H2,1-2H3,(H,26,28). The molecule has 1 heterocycles. The van der Waals surface area contributed by atoms with Crippen LogP contribution in [0, 0.1) is 0 Å². The van der Waals surface area contributed by atoms with Crippen molar-refractivity contribution in [1.29, 1.82) is 0 Å². The molecule has 0 aliphatic heterocycles. The number of alkyl halides is 3. The third kappa shape index (κ3) is 4.89. The number of hydrogen-bond donors (Lipinski definition) is 2. The van der Waals surface area contributed by atoms with Crippen molar-refractivity contribution in [2.75, 3.05) is 17.7 Å². The highest BCUT2D eigenvalue weighted by molar-refractivity contribution is 6.30. The van der Waals surface area contributed by atoms with Gasteiger partial charge in [0.25, 0.3) is 0 Å². The summed E-state index contributed by atoms with van der Waals surface area (Å²) in [6, 6.07) is 10.6. The van der Waals surface area contributed by atoms with E-state index in [1.54, 1.807) is 24.3 Å². The van der Waals surface area contributed by atoms with E-state index >= 15 is 0 Å². The molecule has 0 unspecified atom stereocenters. The van der Waals surface area contributed by atoms with Gasteiger partial charge in [0.05, 0.1) is 18.2 Å². The highest BCUT2D eigenvalue weighted by Crippen LogP contribution is 2.37. The average Bonchev–Trinajstić information content (AvgIpc) is 2.65. The summed E-state index contributed by atoms with van der Waals surface area (Å²) in [7, 11) is 1.54. The number of nitrogens with zero attached hydrogens (tertiary/aromatic N) is 1.